The number of hydrogen-bond donors (Lipinski definition) is 3. The van der Waals surface area contributed by atoms with E-state index in [1.807, 2.05) is 110 Å². The quantitative estimate of drug-likeness (QED) is 0.111. The molecule has 4 aromatic carbocycles. The van der Waals surface area contributed by atoms with Crippen molar-refractivity contribution in [3.63, 3.8) is 0 Å². The molecule has 11 heteroatoms. The number of likely N-dealkylation sites (tertiary alicyclic amines) is 2. The van der Waals surface area contributed by atoms with Crippen LogP contribution in [0.3, 0.4) is 0 Å². The number of benzene rings is 4. The van der Waals surface area contributed by atoms with Gasteiger partial charge in [-0.15, -0.1) is 5.73 Å². The summed E-state index contributed by atoms with van der Waals surface area (Å²) >= 11 is 0. The minimum atomic E-state index is -0.530. The zero-order valence-electron chi connectivity index (χ0n) is 32.7. The Balaban J connectivity index is 1.00. The Morgan fingerprint density at radius 1 is 0.825 bits per heavy atom. The van der Waals surface area contributed by atoms with E-state index in [-0.39, 0.29) is 17.9 Å². The molecule has 2 aliphatic heterocycles. The molecule has 0 radical (unpaired) electrons. The third-order valence-corrected chi connectivity index (χ3v) is 10.9. The van der Waals surface area contributed by atoms with Crippen LogP contribution in [0.4, 0.5) is 10.5 Å². The van der Waals surface area contributed by atoms with Crippen LogP contribution in [0.1, 0.15) is 60.8 Å². The molecule has 0 aliphatic carbocycles. The minimum absolute atomic E-state index is 0.0478. The average Bonchev–Trinajstić information content (AvgIpc) is 4.04. The summed E-state index contributed by atoms with van der Waals surface area (Å²) in [5, 5.41) is 6.02. The number of H-pyrrole nitrogens is 1. The molecule has 2 fully saturated rings. The van der Waals surface area contributed by atoms with E-state index in [0.29, 0.717) is 18.7 Å². The number of nitrogens with zero attached hydrogens (tertiary/aromatic N) is 4. The van der Waals surface area contributed by atoms with E-state index in [4.69, 9.17) is 9.72 Å². The van der Waals surface area contributed by atoms with Gasteiger partial charge in [-0.05, 0) is 79.7 Å². The number of carbonyl (C=O) groups excluding carboxylic acids is 3. The van der Waals surface area contributed by atoms with Gasteiger partial charge in [0.1, 0.15) is 23.9 Å². The molecule has 7 rings (SSSR count). The Hall–Kier alpha value is -6.42. The lowest BCUT2D eigenvalue weighted by molar-refractivity contribution is -0.140. The summed E-state index contributed by atoms with van der Waals surface area (Å²) in [4.78, 5) is 53.9. The number of ether oxygens (including phenoxy) is 1. The molecular formula is C46H49N7O4. The highest BCUT2D eigenvalue weighted by atomic mass is 16.5. The normalized spacial score (nSPS) is 17.5. The number of anilines is 1. The van der Waals surface area contributed by atoms with Gasteiger partial charge in [-0.3, -0.25) is 14.5 Å². The minimum Gasteiger partial charge on any atom is -0.453 e. The van der Waals surface area contributed by atoms with E-state index in [1.54, 1.807) is 4.90 Å². The van der Waals surface area contributed by atoms with Crippen molar-refractivity contribution in [1.82, 2.24) is 30.0 Å². The Kier molecular flexibility index (Phi) is 12.0. The summed E-state index contributed by atoms with van der Waals surface area (Å²) in [5.41, 5.74) is 10.3. The second-order valence-electron chi connectivity index (χ2n) is 14.7. The lowest BCUT2D eigenvalue weighted by atomic mass is 10.0. The molecule has 2 aliphatic rings. The predicted octanol–water partition coefficient (Wildman–Crippen LogP) is 7.88. The summed E-state index contributed by atoms with van der Waals surface area (Å²) in [6.45, 7) is 5.33. The third-order valence-electron chi connectivity index (χ3n) is 10.9. The van der Waals surface area contributed by atoms with E-state index >= 15 is 0 Å². The highest BCUT2D eigenvalue weighted by Crippen LogP contribution is 2.38. The van der Waals surface area contributed by atoms with Crippen molar-refractivity contribution in [2.24, 2.45) is 0 Å². The summed E-state index contributed by atoms with van der Waals surface area (Å²) in [6.07, 6.45) is 4.58. The zero-order chi connectivity index (χ0) is 39.9. The molecule has 3 N–H and O–H groups in total. The van der Waals surface area contributed by atoms with Crippen LogP contribution in [-0.2, 0) is 14.3 Å². The molecule has 11 nitrogen and oxygen atoms in total. The number of alkyl carbamates (subject to hydrolysis) is 1. The first-order valence-electron chi connectivity index (χ1n) is 19.4. The summed E-state index contributed by atoms with van der Waals surface area (Å²) in [5.74, 6) is 0.602. The van der Waals surface area contributed by atoms with Crippen molar-refractivity contribution in [2.75, 3.05) is 39.6 Å². The van der Waals surface area contributed by atoms with Gasteiger partial charge in [0.25, 0.3) is 0 Å². The monoisotopic (exact) mass is 763 g/mol. The van der Waals surface area contributed by atoms with Gasteiger partial charge in [-0.25, -0.2) is 9.78 Å². The highest BCUT2D eigenvalue weighted by molar-refractivity contribution is 5.98. The van der Waals surface area contributed by atoms with Gasteiger partial charge in [0.05, 0.1) is 30.7 Å². The fourth-order valence-corrected chi connectivity index (χ4v) is 8.06. The van der Waals surface area contributed by atoms with E-state index in [9.17, 15) is 14.4 Å². The first-order valence-corrected chi connectivity index (χ1v) is 19.4. The summed E-state index contributed by atoms with van der Waals surface area (Å²) in [7, 11) is 5.14. The Morgan fingerprint density at radius 3 is 2.05 bits per heavy atom. The summed E-state index contributed by atoms with van der Waals surface area (Å²) < 4.78 is 4.95. The number of likely N-dealkylation sites (N-methyl/N-ethyl adjacent to an activating group) is 1. The average molecular weight is 764 g/mol. The Morgan fingerprint density at radius 2 is 1.42 bits per heavy atom. The van der Waals surface area contributed by atoms with Crippen molar-refractivity contribution in [1.29, 1.82) is 0 Å². The maximum absolute atomic E-state index is 13.8. The standard InChI is InChI=1S/C46H49N7O4/c1-5-38(41(50-46(56)57-4)34-14-8-6-9-15-34)52-28-12-18-39(52)43-47-30-37(49-43)33-22-20-31(21-23-33)32-24-26-36(27-25-32)48-44(54)40-19-13-29-53(40)45(55)42(51(2)3)35-16-10-7-11-17-35/h6-11,14-17,20-27,30,39-42H,1,12-13,18-19,28-29H2,2-4H3,(H,47,49)(H,48,54)(H,50,56)/t39-,40-,41+,42+/m0/s1. The zero-order valence-corrected chi connectivity index (χ0v) is 32.7. The van der Waals surface area contributed by atoms with E-state index in [0.717, 1.165) is 70.8 Å². The number of methoxy groups -OCH3 is 1. The third kappa shape index (κ3) is 8.55. The van der Waals surface area contributed by atoms with Gasteiger partial charge < -0.3 is 30.2 Å². The van der Waals surface area contributed by atoms with Crippen LogP contribution in [0, 0.1) is 0 Å². The maximum atomic E-state index is 13.8. The number of hydrogen-bond acceptors (Lipinski definition) is 7. The molecule has 3 amide bonds. The van der Waals surface area contributed by atoms with Crippen molar-refractivity contribution < 1.29 is 19.1 Å². The van der Waals surface area contributed by atoms with E-state index in [2.05, 4.69) is 57.1 Å². The van der Waals surface area contributed by atoms with Crippen LogP contribution < -0.4 is 10.6 Å². The van der Waals surface area contributed by atoms with Crippen LogP contribution in [0.15, 0.2) is 133 Å². The molecule has 0 spiro atoms. The number of aromatic amines is 1. The van der Waals surface area contributed by atoms with Gasteiger partial charge in [0.15, 0.2) is 0 Å². The topological polar surface area (TPSA) is 123 Å². The van der Waals surface area contributed by atoms with E-state index in [1.165, 1.54) is 7.11 Å². The number of amides is 3. The second-order valence-corrected chi connectivity index (χ2v) is 14.7. The number of nitrogens with one attached hydrogen (secondary N) is 3. The van der Waals surface area contributed by atoms with Gasteiger partial charge in [-0.1, -0.05) is 104 Å². The molecule has 5 aromatic rings. The molecule has 0 unspecified atom stereocenters. The van der Waals surface area contributed by atoms with Crippen LogP contribution in [0.2, 0.25) is 0 Å². The van der Waals surface area contributed by atoms with Crippen LogP contribution in [-0.4, -0.2) is 82.9 Å². The smallest absolute Gasteiger partial charge is 0.407 e. The van der Waals surface area contributed by atoms with Crippen molar-refractivity contribution >= 4 is 23.6 Å². The summed E-state index contributed by atoms with van der Waals surface area (Å²) in [6, 6.07) is 34.0. The Labute approximate surface area is 334 Å². The van der Waals surface area contributed by atoms with E-state index < -0.39 is 24.2 Å². The van der Waals surface area contributed by atoms with Crippen LogP contribution in [0.25, 0.3) is 22.4 Å². The van der Waals surface area contributed by atoms with Crippen LogP contribution >= 0.6 is 0 Å². The molecule has 0 saturated carbocycles. The first-order chi connectivity index (χ1) is 27.7. The van der Waals surface area contributed by atoms with Crippen LogP contribution in [0.5, 0.6) is 0 Å². The molecule has 4 atom stereocenters. The highest BCUT2D eigenvalue weighted by Gasteiger charge is 2.39. The molecule has 292 valence electrons. The molecule has 1 aromatic heterocycles. The Bertz CT molecular complexity index is 2210. The SMILES string of the molecule is C=C=C([C@H](NC(=O)OC)c1ccccc1)N1CCC[C@H]1c1ncc(-c2ccc(-c3ccc(NC(=O)[C@@H]4CCCN4C(=O)[C@@H](c4ccccc4)N(C)C)cc3)cc2)[nH]1. The fourth-order valence-electron chi connectivity index (χ4n) is 8.06. The van der Waals surface area contributed by atoms with Crippen molar-refractivity contribution in [3.05, 3.63) is 150 Å². The molecule has 57 heavy (non-hydrogen) atoms. The predicted molar refractivity (Wildman–Crippen MR) is 222 cm³/mol. The molecule has 3 heterocycles. The maximum Gasteiger partial charge on any atom is 0.407 e. The molecule has 0 bridgehead atoms. The van der Waals surface area contributed by atoms with Gasteiger partial charge in [-0.2, -0.15) is 0 Å². The lowest BCUT2D eigenvalue weighted by Gasteiger charge is -2.32. The molecule has 2 saturated heterocycles. The number of imidazole rings is 1. The van der Waals surface area contributed by atoms with Crippen molar-refractivity contribution in [3.8, 4) is 22.4 Å². The lowest BCUT2D eigenvalue weighted by Crippen LogP contribution is -2.47. The van der Waals surface area contributed by atoms with Gasteiger partial charge >= 0.3 is 6.09 Å². The molecular weight excluding hydrogens is 715 g/mol. The number of aromatic nitrogens is 2. The largest absolute Gasteiger partial charge is 0.453 e. The first kappa shape index (κ1) is 38.8. The van der Waals surface area contributed by atoms with Gasteiger partial charge in [0, 0.05) is 18.8 Å². The fraction of sp³-hybridized carbons (Fsp3) is 0.283. The second kappa shape index (κ2) is 17.6. The van der Waals surface area contributed by atoms with Crippen molar-refractivity contribution in [2.45, 2.75) is 49.9 Å². The number of carbonyl (C=O) groups is 3. The number of rotatable bonds is 12. The van der Waals surface area contributed by atoms with Gasteiger partial charge in [0.2, 0.25) is 11.8 Å².